The molecule has 0 saturated carbocycles. The summed E-state index contributed by atoms with van der Waals surface area (Å²) in [6.07, 6.45) is 2.24. The molecule has 1 heterocycles. The predicted octanol–water partition coefficient (Wildman–Crippen LogP) is 2.64. The van der Waals surface area contributed by atoms with Gasteiger partial charge in [-0.2, -0.15) is 0 Å². The Bertz CT molecular complexity index is 557. The van der Waals surface area contributed by atoms with Crippen molar-refractivity contribution in [2.24, 2.45) is 4.99 Å². The predicted molar refractivity (Wildman–Crippen MR) is 105 cm³/mol. The molecule has 0 radical (unpaired) electrons. The normalized spacial score (nSPS) is 17.3. The lowest BCUT2D eigenvalue weighted by atomic mass is 10.1. The van der Waals surface area contributed by atoms with Gasteiger partial charge in [-0.1, -0.05) is 12.1 Å². The number of guanidine groups is 1. The first kappa shape index (κ1) is 20.5. The number of benzene rings is 1. The van der Waals surface area contributed by atoms with Crippen molar-refractivity contribution in [2.45, 2.75) is 46.3 Å². The highest BCUT2D eigenvalue weighted by Gasteiger charge is 2.15. The number of nitrogens with one attached hydrogen (secondary N) is 2. The van der Waals surface area contributed by atoms with Gasteiger partial charge >= 0.3 is 0 Å². The van der Waals surface area contributed by atoms with E-state index in [1.807, 2.05) is 13.0 Å². The smallest absolute Gasteiger partial charge is 0.191 e. The molecule has 1 saturated heterocycles. The number of nitrogens with zero attached hydrogens (tertiary/aromatic N) is 1. The fraction of sp³-hybridized carbons (Fsp3) is 0.650. The van der Waals surface area contributed by atoms with E-state index >= 15 is 0 Å². The molecule has 1 unspecified atom stereocenters. The minimum atomic E-state index is 0.278. The van der Waals surface area contributed by atoms with E-state index in [2.05, 4.69) is 41.6 Å². The van der Waals surface area contributed by atoms with E-state index in [-0.39, 0.29) is 6.10 Å². The summed E-state index contributed by atoms with van der Waals surface area (Å²) < 4.78 is 16.7. The Balaban J connectivity index is 1.75. The molecule has 2 N–H and O–H groups in total. The van der Waals surface area contributed by atoms with E-state index in [0.29, 0.717) is 13.2 Å². The number of aliphatic imine (C=N–C) groups is 1. The van der Waals surface area contributed by atoms with Crippen LogP contribution < -0.4 is 15.4 Å². The van der Waals surface area contributed by atoms with Crippen LogP contribution in [0.2, 0.25) is 0 Å². The second-order valence-corrected chi connectivity index (χ2v) is 6.36. The average Bonchev–Trinajstić information content (AvgIpc) is 3.15. The van der Waals surface area contributed by atoms with Crippen molar-refractivity contribution >= 4 is 5.96 Å². The monoisotopic (exact) mass is 363 g/mol. The van der Waals surface area contributed by atoms with Crippen molar-refractivity contribution in [3.63, 3.8) is 0 Å². The molecule has 1 aliphatic rings. The first-order valence-corrected chi connectivity index (χ1v) is 9.66. The van der Waals surface area contributed by atoms with Gasteiger partial charge in [0.2, 0.25) is 0 Å². The summed E-state index contributed by atoms with van der Waals surface area (Å²) in [4.78, 5) is 4.67. The van der Waals surface area contributed by atoms with Crippen LogP contribution in [0, 0.1) is 6.92 Å². The summed E-state index contributed by atoms with van der Waals surface area (Å²) >= 11 is 0. The Hall–Kier alpha value is -1.79. The Kier molecular flexibility index (Phi) is 9.28. The van der Waals surface area contributed by atoms with Crippen LogP contribution in [0.15, 0.2) is 23.2 Å². The summed E-state index contributed by atoms with van der Waals surface area (Å²) in [6.45, 7) is 11.4. The minimum absolute atomic E-state index is 0.278. The second kappa shape index (κ2) is 11.8. The van der Waals surface area contributed by atoms with E-state index in [9.17, 15) is 0 Å². The highest BCUT2D eigenvalue weighted by atomic mass is 16.5. The topological polar surface area (TPSA) is 64.1 Å². The van der Waals surface area contributed by atoms with Crippen molar-refractivity contribution in [1.29, 1.82) is 0 Å². The average molecular weight is 364 g/mol. The maximum atomic E-state index is 5.78. The van der Waals surface area contributed by atoms with Gasteiger partial charge in [0.25, 0.3) is 0 Å². The van der Waals surface area contributed by atoms with Gasteiger partial charge in [-0.25, -0.2) is 4.99 Å². The quantitative estimate of drug-likeness (QED) is 0.380. The van der Waals surface area contributed by atoms with E-state index in [0.717, 1.165) is 63.0 Å². The summed E-state index contributed by atoms with van der Waals surface area (Å²) in [5.41, 5.74) is 2.32. The lowest BCUT2D eigenvalue weighted by Gasteiger charge is -2.13. The van der Waals surface area contributed by atoms with Crippen molar-refractivity contribution in [1.82, 2.24) is 10.6 Å². The molecule has 0 spiro atoms. The number of ether oxygens (including phenoxy) is 3. The maximum absolute atomic E-state index is 5.78. The van der Waals surface area contributed by atoms with Crippen molar-refractivity contribution in [3.8, 4) is 5.75 Å². The summed E-state index contributed by atoms with van der Waals surface area (Å²) in [5.74, 6) is 1.78. The van der Waals surface area contributed by atoms with Crippen molar-refractivity contribution in [2.75, 3.05) is 39.5 Å². The second-order valence-electron chi connectivity index (χ2n) is 6.36. The first-order chi connectivity index (χ1) is 12.7. The van der Waals surface area contributed by atoms with Crippen molar-refractivity contribution < 1.29 is 14.2 Å². The van der Waals surface area contributed by atoms with Crippen LogP contribution in [-0.4, -0.2) is 51.6 Å². The zero-order chi connectivity index (χ0) is 18.6. The SMILES string of the molecule is CCNC(=NCc1ccc(OCC)c(C)c1)NCCCOC1CCOC1. The fourth-order valence-corrected chi connectivity index (χ4v) is 2.81. The summed E-state index contributed by atoms with van der Waals surface area (Å²) in [5, 5.41) is 6.65. The molecular formula is C20H33N3O3. The largest absolute Gasteiger partial charge is 0.494 e. The van der Waals surface area contributed by atoms with Gasteiger partial charge in [-0.15, -0.1) is 0 Å². The van der Waals surface area contributed by atoms with E-state index < -0.39 is 0 Å². The Morgan fingerprint density at radius 3 is 2.88 bits per heavy atom. The zero-order valence-corrected chi connectivity index (χ0v) is 16.3. The highest BCUT2D eigenvalue weighted by Crippen LogP contribution is 2.19. The van der Waals surface area contributed by atoms with Crippen LogP contribution in [-0.2, 0) is 16.0 Å². The minimum Gasteiger partial charge on any atom is -0.494 e. The van der Waals surface area contributed by atoms with Gasteiger partial charge < -0.3 is 24.8 Å². The van der Waals surface area contributed by atoms with Crippen LogP contribution in [0.1, 0.15) is 37.8 Å². The summed E-state index contributed by atoms with van der Waals surface area (Å²) in [6, 6.07) is 6.23. The maximum Gasteiger partial charge on any atom is 0.191 e. The molecule has 1 atom stereocenters. The van der Waals surface area contributed by atoms with Crippen LogP contribution in [0.3, 0.4) is 0 Å². The lowest BCUT2D eigenvalue weighted by molar-refractivity contribution is 0.0420. The molecule has 1 aromatic carbocycles. The van der Waals surface area contributed by atoms with Crippen LogP contribution in [0.25, 0.3) is 0 Å². The van der Waals surface area contributed by atoms with Crippen LogP contribution in [0.4, 0.5) is 0 Å². The van der Waals surface area contributed by atoms with Gasteiger partial charge in [0.1, 0.15) is 5.75 Å². The van der Waals surface area contributed by atoms with E-state index in [1.165, 1.54) is 5.56 Å². The van der Waals surface area contributed by atoms with Crippen LogP contribution in [0.5, 0.6) is 5.75 Å². The Morgan fingerprint density at radius 1 is 1.31 bits per heavy atom. The molecule has 0 amide bonds. The molecule has 0 aliphatic carbocycles. The molecule has 26 heavy (non-hydrogen) atoms. The highest BCUT2D eigenvalue weighted by molar-refractivity contribution is 5.79. The van der Waals surface area contributed by atoms with Crippen LogP contribution >= 0.6 is 0 Å². The number of aryl methyl sites for hydroxylation is 1. The van der Waals surface area contributed by atoms with Crippen molar-refractivity contribution in [3.05, 3.63) is 29.3 Å². The van der Waals surface area contributed by atoms with Gasteiger partial charge in [-0.3, -0.25) is 0 Å². The first-order valence-electron chi connectivity index (χ1n) is 9.66. The van der Waals surface area contributed by atoms with Gasteiger partial charge in [0.05, 0.1) is 25.9 Å². The molecule has 0 bridgehead atoms. The Labute approximate surface area is 157 Å². The third-order valence-corrected chi connectivity index (χ3v) is 4.16. The molecule has 1 aliphatic heterocycles. The lowest BCUT2D eigenvalue weighted by Crippen LogP contribution is -2.38. The van der Waals surface area contributed by atoms with Gasteiger partial charge in [0.15, 0.2) is 5.96 Å². The third kappa shape index (κ3) is 7.22. The molecule has 2 rings (SSSR count). The molecule has 0 aromatic heterocycles. The summed E-state index contributed by atoms with van der Waals surface area (Å²) in [7, 11) is 0. The fourth-order valence-electron chi connectivity index (χ4n) is 2.81. The van der Waals surface area contributed by atoms with Gasteiger partial charge in [-0.05, 0) is 50.8 Å². The van der Waals surface area contributed by atoms with E-state index in [4.69, 9.17) is 14.2 Å². The van der Waals surface area contributed by atoms with E-state index in [1.54, 1.807) is 0 Å². The molecule has 1 aromatic rings. The Morgan fingerprint density at radius 2 is 2.19 bits per heavy atom. The van der Waals surface area contributed by atoms with Gasteiger partial charge in [0, 0.05) is 26.3 Å². The standard InChI is InChI=1S/C20H33N3O3/c1-4-21-20(22-10-6-11-26-18-9-12-24-15-18)23-14-17-7-8-19(25-5-2)16(3)13-17/h7-8,13,18H,4-6,9-12,14-15H2,1-3H3,(H2,21,22,23). The molecule has 6 nitrogen and oxygen atoms in total. The number of hydrogen-bond acceptors (Lipinski definition) is 4. The zero-order valence-electron chi connectivity index (χ0n) is 16.3. The number of rotatable bonds is 10. The molecule has 6 heteroatoms. The third-order valence-electron chi connectivity index (χ3n) is 4.16. The molecule has 1 fully saturated rings. The molecular weight excluding hydrogens is 330 g/mol. The molecule has 146 valence electrons. The number of hydrogen-bond donors (Lipinski definition) is 2.